The largest absolute Gasteiger partial charge is 0.396 e. The fourth-order valence-electron chi connectivity index (χ4n) is 3.72. The van der Waals surface area contributed by atoms with Gasteiger partial charge in [-0.15, -0.1) is 0 Å². The van der Waals surface area contributed by atoms with Crippen molar-refractivity contribution in [3.63, 3.8) is 0 Å². The van der Waals surface area contributed by atoms with Crippen molar-refractivity contribution < 1.29 is 14.7 Å². The van der Waals surface area contributed by atoms with E-state index in [9.17, 15) is 14.7 Å². The van der Waals surface area contributed by atoms with Crippen LogP contribution < -0.4 is 5.32 Å². The molecule has 118 valence electrons. The van der Waals surface area contributed by atoms with E-state index in [2.05, 4.69) is 5.32 Å². The number of hydrogen-bond donors (Lipinski definition) is 2. The number of nitrogens with one attached hydrogen (secondary N) is 1. The van der Waals surface area contributed by atoms with Crippen molar-refractivity contribution in [1.82, 2.24) is 5.32 Å². The Hall–Kier alpha value is -1.68. The normalized spacial score (nSPS) is 27.9. The maximum atomic E-state index is 12.2. The lowest BCUT2D eigenvalue weighted by atomic mass is 9.51. The van der Waals surface area contributed by atoms with Crippen LogP contribution in [-0.4, -0.2) is 29.9 Å². The highest BCUT2D eigenvalue weighted by Crippen LogP contribution is 2.56. The zero-order chi connectivity index (χ0) is 15.6. The lowest BCUT2D eigenvalue weighted by Gasteiger charge is -2.51. The number of aliphatic hydroxyl groups excluding tert-OH is 1. The molecule has 1 unspecified atom stereocenters. The maximum absolute atomic E-state index is 12.2. The Morgan fingerprint density at radius 2 is 2.05 bits per heavy atom. The zero-order valence-electron chi connectivity index (χ0n) is 12.8. The standard InChI is InChI=1S/C18H23NO3/c20-9-7-14(13-4-2-1-3-5-13)12-19-17(22)15-10-18(11-15)8-6-16(18)21/h1-5,14-15,20H,6-12H2,(H,19,22). The number of ketones is 1. The van der Waals surface area contributed by atoms with Gasteiger partial charge in [0.25, 0.3) is 0 Å². The number of benzene rings is 1. The summed E-state index contributed by atoms with van der Waals surface area (Å²) in [6, 6.07) is 9.95. The molecule has 3 rings (SSSR count). The summed E-state index contributed by atoms with van der Waals surface area (Å²) in [7, 11) is 0. The van der Waals surface area contributed by atoms with E-state index in [0.717, 1.165) is 24.8 Å². The summed E-state index contributed by atoms with van der Waals surface area (Å²) < 4.78 is 0. The minimum atomic E-state index is -0.133. The van der Waals surface area contributed by atoms with Gasteiger partial charge in [-0.3, -0.25) is 9.59 Å². The predicted octanol–water partition coefficient (Wildman–Crippen LogP) is 2.03. The first-order chi connectivity index (χ1) is 10.6. The molecular weight excluding hydrogens is 278 g/mol. The number of amides is 1. The molecular formula is C18H23NO3. The third kappa shape index (κ3) is 2.80. The van der Waals surface area contributed by atoms with Crippen LogP contribution in [0.15, 0.2) is 30.3 Å². The molecule has 2 aliphatic carbocycles. The van der Waals surface area contributed by atoms with Gasteiger partial charge in [-0.25, -0.2) is 0 Å². The molecule has 2 fully saturated rings. The van der Waals surface area contributed by atoms with Gasteiger partial charge in [0, 0.05) is 36.8 Å². The summed E-state index contributed by atoms with van der Waals surface area (Å²) in [6.45, 7) is 0.650. The van der Waals surface area contributed by atoms with Crippen LogP contribution in [0.25, 0.3) is 0 Å². The van der Waals surface area contributed by atoms with Gasteiger partial charge in [0.2, 0.25) is 5.91 Å². The lowest BCUT2D eigenvalue weighted by Crippen LogP contribution is -2.54. The number of aliphatic hydroxyl groups is 1. The second-order valence-electron chi connectivity index (χ2n) is 6.67. The predicted molar refractivity (Wildman–Crippen MR) is 83.3 cm³/mol. The fourth-order valence-corrected chi connectivity index (χ4v) is 3.72. The first kappa shape index (κ1) is 15.2. The molecule has 1 aromatic carbocycles. The second kappa shape index (κ2) is 6.21. The number of carbonyl (C=O) groups excluding carboxylic acids is 2. The van der Waals surface area contributed by atoms with Crippen molar-refractivity contribution in [1.29, 1.82) is 0 Å². The summed E-state index contributed by atoms with van der Waals surface area (Å²) in [5.41, 5.74) is 1.00. The lowest BCUT2D eigenvalue weighted by molar-refractivity contribution is -0.155. The van der Waals surface area contributed by atoms with Gasteiger partial charge < -0.3 is 10.4 Å². The molecule has 22 heavy (non-hydrogen) atoms. The Morgan fingerprint density at radius 1 is 1.32 bits per heavy atom. The van der Waals surface area contributed by atoms with Crippen molar-refractivity contribution >= 4 is 11.7 Å². The summed E-state index contributed by atoms with van der Waals surface area (Å²) in [5.74, 6) is 0.535. The Bertz CT molecular complexity index is 549. The van der Waals surface area contributed by atoms with Crippen molar-refractivity contribution in [2.45, 2.75) is 38.0 Å². The highest BCUT2D eigenvalue weighted by Gasteiger charge is 2.56. The summed E-state index contributed by atoms with van der Waals surface area (Å²) in [5, 5.41) is 12.2. The van der Waals surface area contributed by atoms with E-state index in [1.807, 2.05) is 30.3 Å². The Kier molecular flexibility index (Phi) is 4.30. The second-order valence-corrected chi connectivity index (χ2v) is 6.67. The van der Waals surface area contributed by atoms with E-state index in [0.29, 0.717) is 25.2 Å². The molecule has 2 aliphatic rings. The fraction of sp³-hybridized carbons (Fsp3) is 0.556. The molecule has 1 atom stereocenters. The van der Waals surface area contributed by atoms with Gasteiger partial charge in [-0.05, 0) is 31.2 Å². The van der Waals surface area contributed by atoms with Gasteiger partial charge in [0.05, 0.1) is 0 Å². The zero-order valence-corrected chi connectivity index (χ0v) is 12.8. The monoisotopic (exact) mass is 301 g/mol. The van der Waals surface area contributed by atoms with Crippen LogP contribution in [0.3, 0.4) is 0 Å². The SMILES string of the molecule is O=C(NCC(CCO)c1ccccc1)C1CC2(CCC2=O)C1. The minimum absolute atomic E-state index is 0.00481. The molecule has 4 nitrogen and oxygen atoms in total. The van der Waals surface area contributed by atoms with E-state index in [1.54, 1.807) is 0 Å². The van der Waals surface area contributed by atoms with Crippen LogP contribution in [-0.2, 0) is 9.59 Å². The topological polar surface area (TPSA) is 66.4 Å². The molecule has 0 heterocycles. The number of Topliss-reactive ketones (excluding diaryl/α,β-unsaturated/α-hetero) is 1. The van der Waals surface area contributed by atoms with Gasteiger partial charge in [-0.2, -0.15) is 0 Å². The summed E-state index contributed by atoms with van der Waals surface area (Å²) >= 11 is 0. The Labute approximate surface area is 130 Å². The molecule has 0 aliphatic heterocycles. The Balaban J connectivity index is 1.50. The Morgan fingerprint density at radius 3 is 2.59 bits per heavy atom. The van der Waals surface area contributed by atoms with E-state index < -0.39 is 0 Å². The van der Waals surface area contributed by atoms with E-state index in [-0.39, 0.29) is 29.8 Å². The molecule has 1 aromatic rings. The third-order valence-corrected chi connectivity index (χ3v) is 5.34. The molecule has 0 aromatic heterocycles. The van der Waals surface area contributed by atoms with Crippen LogP contribution in [0.4, 0.5) is 0 Å². The van der Waals surface area contributed by atoms with Gasteiger partial charge in [-0.1, -0.05) is 30.3 Å². The molecule has 0 saturated heterocycles. The first-order valence-electron chi connectivity index (χ1n) is 8.11. The molecule has 1 spiro atoms. The first-order valence-corrected chi connectivity index (χ1v) is 8.11. The summed E-state index contributed by atoms with van der Waals surface area (Å²) in [4.78, 5) is 23.8. The van der Waals surface area contributed by atoms with Gasteiger partial charge >= 0.3 is 0 Å². The number of rotatable bonds is 6. The van der Waals surface area contributed by atoms with E-state index in [1.165, 1.54) is 0 Å². The average Bonchev–Trinajstić information content (AvgIpc) is 2.49. The van der Waals surface area contributed by atoms with Crippen LogP contribution in [0.2, 0.25) is 0 Å². The quantitative estimate of drug-likeness (QED) is 0.845. The number of carbonyl (C=O) groups is 2. The third-order valence-electron chi connectivity index (χ3n) is 5.34. The molecule has 4 heteroatoms. The maximum Gasteiger partial charge on any atom is 0.223 e. The smallest absolute Gasteiger partial charge is 0.223 e. The van der Waals surface area contributed by atoms with Crippen molar-refractivity contribution in [3.8, 4) is 0 Å². The van der Waals surface area contributed by atoms with Gasteiger partial charge in [0.15, 0.2) is 0 Å². The molecule has 1 amide bonds. The van der Waals surface area contributed by atoms with E-state index in [4.69, 9.17) is 0 Å². The highest BCUT2D eigenvalue weighted by atomic mass is 16.3. The molecule has 2 N–H and O–H groups in total. The number of hydrogen-bond acceptors (Lipinski definition) is 3. The summed E-state index contributed by atoms with van der Waals surface area (Å²) in [6.07, 6.45) is 3.76. The van der Waals surface area contributed by atoms with Crippen LogP contribution in [0.1, 0.15) is 43.6 Å². The van der Waals surface area contributed by atoms with Crippen LogP contribution in [0.5, 0.6) is 0 Å². The molecule has 0 radical (unpaired) electrons. The molecule has 0 bridgehead atoms. The van der Waals surface area contributed by atoms with Crippen molar-refractivity contribution in [2.24, 2.45) is 11.3 Å². The van der Waals surface area contributed by atoms with Crippen LogP contribution >= 0.6 is 0 Å². The minimum Gasteiger partial charge on any atom is -0.396 e. The van der Waals surface area contributed by atoms with E-state index >= 15 is 0 Å². The van der Waals surface area contributed by atoms with Gasteiger partial charge in [0.1, 0.15) is 5.78 Å². The highest BCUT2D eigenvalue weighted by molar-refractivity contribution is 5.94. The average molecular weight is 301 g/mol. The van der Waals surface area contributed by atoms with Crippen molar-refractivity contribution in [3.05, 3.63) is 35.9 Å². The van der Waals surface area contributed by atoms with Crippen LogP contribution in [0, 0.1) is 11.3 Å². The molecule has 2 saturated carbocycles. The van der Waals surface area contributed by atoms with Crippen molar-refractivity contribution in [2.75, 3.05) is 13.2 Å².